The molecule has 0 saturated carbocycles. The highest BCUT2D eigenvalue weighted by Crippen LogP contribution is 2.24. The molecular weight excluding hydrogens is 416 g/mol. The zero-order valence-electron chi connectivity index (χ0n) is 17.2. The van der Waals surface area contributed by atoms with Crippen molar-refractivity contribution < 1.29 is 14.3 Å². The lowest BCUT2D eigenvalue weighted by Crippen LogP contribution is -2.14. The maximum atomic E-state index is 12.3. The second kappa shape index (κ2) is 10.4. The van der Waals surface area contributed by atoms with Crippen LogP contribution in [0.1, 0.15) is 41.4 Å². The standard InChI is InChI=1S/C23H24N2O3S2/c1-15(2)16-4-8-18(9-5-16)24-22(27)12-19-13-29-23(25-19)30-14-21(26)17-6-10-20(28-3)11-7-17/h4-11,13,15H,12,14H2,1-3H3,(H,24,27). The summed E-state index contributed by atoms with van der Waals surface area (Å²) in [5.74, 6) is 1.40. The molecule has 156 valence electrons. The Morgan fingerprint density at radius 3 is 2.43 bits per heavy atom. The van der Waals surface area contributed by atoms with Gasteiger partial charge in [-0.1, -0.05) is 37.7 Å². The highest BCUT2D eigenvalue weighted by molar-refractivity contribution is 8.01. The van der Waals surface area contributed by atoms with Gasteiger partial charge in [-0.2, -0.15) is 0 Å². The first kappa shape index (κ1) is 22.1. The van der Waals surface area contributed by atoms with Gasteiger partial charge in [0.25, 0.3) is 0 Å². The molecule has 1 aromatic heterocycles. The Hall–Kier alpha value is -2.64. The van der Waals surface area contributed by atoms with E-state index >= 15 is 0 Å². The van der Waals surface area contributed by atoms with Crippen LogP contribution in [0.25, 0.3) is 0 Å². The molecule has 30 heavy (non-hydrogen) atoms. The van der Waals surface area contributed by atoms with E-state index in [0.717, 1.165) is 15.8 Å². The van der Waals surface area contributed by atoms with Crippen LogP contribution in [0.2, 0.25) is 0 Å². The van der Waals surface area contributed by atoms with Crippen molar-refractivity contribution in [2.45, 2.75) is 30.5 Å². The number of anilines is 1. The van der Waals surface area contributed by atoms with Gasteiger partial charge in [0.15, 0.2) is 10.1 Å². The topological polar surface area (TPSA) is 68.3 Å². The van der Waals surface area contributed by atoms with Gasteiger partial charge in [-0.05, 0) is 47.9 Å². The second-order valence-electron chi connectivity index (χ2n) is 7.05. The molecule has 0 fully saturated rings. The number of carbonyl (C=O) groups excluding carboxylic acids is 2. The number of benzene rings is 2. The molecule has 1 amide bonds. The summed E-state index contributed by atoms with van der Waals surface area (Å²) in [6, 6.07) is 14.9. The summed E-state index contributed by atoms with van der Waals surface area (Å²) < 4.78 is 5.89. The number of aromatic nitrogens is 1. The lowest BCUT2D eigenvalue weighted by Gasteiger charge is -2.08. The fraction of sp³-hybridized carbons (Fsp3) is 0.261. The summed E-state index contributed by atoms with van der Waals surface area (Å²) >= 11 is 2.83. The molecule has 0 unspecified atom stereocenters. The number of thioether (sulfide) groups is 1. The van der Waals surface area contributed by atoms with Crippen molar-refractivity contribution in [3.05, 3.63) is 70.7 Å². The van der Waals surface area contributed by atoms with Gasteiger partial charge >= 0.3 is 0 Å². The van der Waals surface area contributed by atoms with Gasteiger partial charge in [0.2, 0.25) is 5.91 Å². The molecule has 0 bridgehead atoms. The SMILES string of the molecule is COc1ccc(C(=O)CSc2nc(CC(=O)Nc3ccc(C(C)C)cc3)cs2)cc1. The van der Waals surface area contributed by atoms with Crippen LogP contribution in [-0.4, -0.2) is 29.5 Å². The van der Waals surface area contributed by atoms with E-state index in [4.69, 9.17) is 4.74 Å². The fourth-order valence-corrected chi connectivity index (χ4v) is 4.48. The summed E-state index contributed by atoms with van der Waals surface area (Å²) in [6.07, 6.45) is 0.204. The number of rotatable bonds is 9. The summed E-state index contributed by atoms with van der Waals surface area (Å²) in [6.45, 7) is 4.27. The molecule has 0 aliphatic heterocycles. The zero-order valence-corrected chi connectivity index (χ0v) is 18.8. The minimum absolute atomic E-state index is 0.0296. The van der Waals surface area contributed by atoms with Crippen molar-refractivity contribution in [3.8, 4) is 5.75 Å². The Morgan fingerprint density at radius 1 is 1.10 bits per heavy atom. The second-order valence-corrected chi connectivity index (χ2v) is 9.13. The van der Waals surface area contributed by atoms with Crippen LogP contribution >= 0.6 is 23.1 Å². The van der Waals surface area contributed by atoms with E-state index in [1.54, 1.807) is 31.4 Å². The first-order chi connectivity index (χ1) is 14.4. The predicted octanol–water partition coefficient (Wildman–Crippen LogP) is 5.43. The van der Waals surface area contributed by atoms with Crippen LogP contribution in [0.4, 0.5) is 5.69 Å². The molecule has 5 nitrogen and oxygen atoms in total. The van der Waals surface area contributed by atoms with Crippen molar-refractivity contribution in [2.24, 2.45) is 0 Å². The van der Waals surface area contributed by atoms with Crippen LogP contribution in [-0.2, 0) is 11.2 Å². The predicted molar refractivity (Wildman–Crippen MR) is 123 cm³/mol. The third kappa shape index (κ3) is 6.18. The molecule has 1 heterocycles. The number of carbonyl (C=O) groups is 2. The minimum Gasteiger partial charge on any atom is -0.497 e. The Labute approximate surface area is 184 Å². The Bertz CT molecular complexity index is 996. The molecule has 1 N–H and O–H groups in total. The minimum atomic E-state index is -0.108. The summed E-state index contributed by atoms with van der Waals surface area (Å²) in [7, 11) is 1.59. The summed E-state index contributed by atoms with van der Waals surface area (Å²) in [5, 5.41) is 4.76. The highest BCUT2D eigenvalue weighted by atomic mass is 32.2. The van der Waals surface area contributed by atoms with Crippen molar-refractivity contribution in [1.29, 1.82) is 0 Å². The Morgan fingerprint density at radius 2 is 1.80 bits per heavy atom. The first-order valence-corrected chi connectivity index (χ1v) is 11.5. The third-order valence-corrected chi connectivity index (χ3v) is 6.54. The number of nitrogens with one attached hydrogen (secondary N) is 1. The van der Waals surface area contributed by atoms with Crippen molar-refractivity contribution in [2.75, 3.05) is 18.2 Å². The molecular formula is C23H24N2O3S2. The molecule has 0 aliphatic rings. The smallest absolute Gasteiger partial charge is 0.230 e. The number of methoxy groups -OCH3 is 1. The van der Waals surface area contributed by atoms with E-state index in [-0.39, 0.29) is 18.1 Å². The van der Waals surface area contributed by atoms with E-state index in [1.165, 1.54) is 28.7 Å². The number of Topliss-reactive ketones (excluding diaryl/α,β-unsaturated/α-hetero) is 1. The monoisotopic (exact) mass is 440 g/mol. The van der Waals surface area contributed by atoms with Gasteiger partial charge in [-0.25, -0.2) is 4.98 Å². The average molecular weight is 441 g/mol. The molecule has 0 atom stereocenters. The van der Waals surface area contributed by atoms with Crippen LogP contribution in [0.5, 0.6) is 5.75 Å². The van der Waals surface area contributed by atoms with Gasteiger partial charge in [-0.3, -0.25) is 9.59 Å². The van der Waals surface area contributed by atoms with Gasteiger partial charge in [0.1, 0.15) is 5.75 Å². The van der Waals surface area contributed by atoms with E-state index < -0.39 is 0 Å². The lowest BCUT2D eigenvalue weighted by molar-refractivity contribution is -0.115. The average Bonchev–Trinajstić information content (AvgIpc) is 3.19. The largest absolute Gasteiger partial charge is 0.497 e. The molecule has 0 spiro atoms. The fourth-order valence-electron chi connectivity index (χ4n) is 2.74. The van der Waals surface area contributed by atoms with Crippen molar-refractivity contribution in [3.63, 3.8) is 0 Å². The zero-order chi connectivity index (χ0) is 21.5. The normalized spacial score (nSPS) is 10.8. The lowest BCUT2D eigenvalue weighted by atomic mass is 10.0. The highest BCUT2D eigenvalue weighted by Gasteiger charge is 2.12. The van der Waals surface area contributed by atoms with Gasteiger partial charge in [-0.15, -0.1) is 11.3 Å². The number of hydrogen-bond donors (Lipinski definition) is 1. The van der Waals surface area contributed by atoms with E-state index in [1.807, 2.05) is 29.6 Å². The van der Waals surface area contributed by atoms with E-state index in [9.17, 15) is 9.59 Å². The third-order valence-electron chi connectivity index (χ3n) is 4.47. The van der Waals surface area contributed by atoms with E-state index in [0.29, 0.717) is 22.9 Å². The van der Waals surface area contributed by atoms with E-state index in [2.05, 4.69) is 24.1 Å². The van der Waals surface area contributed by atoms with Crippen LogP contribution in [0.3, 0.4) is 0 Å². The first-order valence-electron chi connectivity index (χ1n) is 9.59. The number of ketones is 1. The number of hydrogen-bond acceptors (Lipinski definition) is 6. The molecule has 2 aromatic carbocycles. The van der Waals surface area contributed by atoms with Crippen molar-refractivity contribution >= 4 is 40.5 Å². The Kier molecular flexibility index (Phi) is 7.65. The summed E-state index contributed by atoms with van der Waals surface area (Å²) in [5.41, 5.74) is 3.36. The Balaban J connectivity index is 1.49. The van der Waals surface area contributed by atoms with Gasteiger partial charge in [0, 0.05) is 16.6 Å². The quantitative estimate of drug-likeness (QED) is 0.355. The number of ether oxygens (including phenoxy) is 1. The van der Waals surface area contributed by atoms with Crippen molar-refractivity contribution in [1.82, 2.24) is 4.98 Å². The number of thiazole rings is 1. The van der Waals surface area contributed by atoms with Crippen LogP contribution in [0.15, 0.2) is 58.3 Å². The number of nitrogens with zero attached hydrogens (tertiary/aromatic N) is 1. The van der Waals surface area contributed by atoms with Gasteiger partial charge < -0.3 is 10.1 Å². The van der Waals surface area contributed by atoms with Gasteiger partial charge in [0.05, 0.1) is 25.0 Å². The maximum Gasteiger partial charge on any atom is 0.230 e. The molecule has 0 aliphatic carbocycles. The molecule has 0 radical (unpaired) electrons. The maximum absolute atomic E-state index is 12.3. The molecule has 0 saturated heterocycles. The summed E-state index contributed by atoms with van der Waals surface area (Å²) in [4.78, 5) is 29.1. The molecule has 3 aromatic rings. The molecule has 3 rings (SSSR count). The van der Waals surface area contributed by atoms with Crippen LogP contribution in [0, 0.1) is 0 Å². The molecule has 7 heteroatoms. The number of amides is 1. The van der Waals surface area contributed by atoms with Crippen LogP contribution < -0.4 is 10.1 Å².